The van der Waals surface area contributed by atoms with Gasteiger partial charge in [0.2, 0.25) is 0 Å². The molecule has 0 spiro atoms. The number of nitrogen functional groups attached to an aromatic ring is 1. The Bertz CT molecular complexity index is 762. The molecule has 1 aromatic carbocycles. The van der Waals surface area contributed by atoms with E-state index in [0.717, 1.165) is 9.99 Å². The van der Waals surface area contributed by atoms with Gasteiger partial charge in [0.1, 0.15) is 10.5 Å². The number of aromatic nitrogens is 2. The van der Waals surface area contributed by atoms with Crippen LogP contribution in [0.4, 0.5) is 5.69 Å². The molecule has 0 unspecified atom stereocenters. The number of rotatable bonds is 2. The van der Waals surface area contributed by atoms with Crippen molar-refractivity contribution in [1.82, 2.24) is 9.97 Å². The van der Waals surface area contributed by atoms with Gasteiger partial charge in [-0.15, -0.1) is 0 Å². The summed E-state index contributed by atoms with van der Waals surface area (Å²) in [7, 11) is 0. The molecule has 0 atom stereocenters. The van der Waals surface area contributed by atoms with Crippen LogP contribution in [-0.2, 0) is 0 Å². The summed E-state index contributed by atoms with van der Waals surface area (Å²) in [5.41, 5.74) is 7.74. The highest BCUT2D eigenvalue weighted by Gasteiger charge is 2.11. The average Bonchev–Trinajstić information content (AvgIpc) is 2.74. The normalized spacial score (nSPS) is 11.1. The van der Waals surface area contributed by atoms with Crippen LogP contribution >= 0.6 is 39.3 Å². The summed E-state index contributed by atoms with van der Waals surface area (Å²) in [6, 6.07) is 7.11. The first-order chi connectivity index (χ1) is 9.11. The highest BCUT2D eigenvalue weighted by molar-refractivity contribution is 9.10. The van der Waals surface area contributed by atoms with Crippen LogP contribution in [0.5, 0.6) is 0 Å². The zero-order chi connectivity index (χ0) is 13.4. The molecule has 0 saturated carbocycles. The molecule has 0 bridgehead atoms. The van der Waals surface area contributed by atoms with Gasteiger partial charge in [0.15, 0.2) is 5.58 Å². The van der Waals surface area contributed by atoms with Crippen LogP contribution in [0.1, 0.15) is 0 Å². The van der Waals surface area contributed by atoms with Gasteiger partial charge < -0.3 is 10.2 Å². The summed E-state index contributed by atoms with van der Waals surface area (Å²) in [6.45, 7) is 0. The molecule has 0 saturated heterocycles. The zero-order valence-corrected chi connectivity index (χ0v) is 12.6. The molecule has 2 N–H and O–H groups in total. The van der Waals surface area contributed by atoms with E-state index in [2.05, 4.69) is 25.9 Å². The van der Waals surface area contributed by atoms with Crippen LogP contribution in [0, 0.1) is 0 Å². The molecule has 0 radical (unpaired) electrons. The summed E-state index contributed by atoms with van der Waals surface area (Å²) in [5.74, 6) is 0. The van der Waals surface area contributed by atoms with Crippen LogP contribution < -0.4 is 5.73 Å². The van der Waals surface area contributed by atoms with Gasteiger partial charge >= 0.3 is 0 Å². The molecular weight excluding hydrogens is 350 g/mol. The lowest BCUT2D eigenvalue weighted by atomic mass is 10.3. The molecule has 2 aromatic heterocycles. The van der Waals surface area contributed by atoms with Crippen molar-refractivity contribution in [3.63, 3.8) is 0 Å². The van der Waals surface area contributed by atoms with Gasteiger partial charge in [-0.2, -0.15) is 0 Å². The van der Waals surface area contributed by atoms with Crippen molar-refractivity contribution in [2.24, 2.45) is 0 Å². The average molecular weight is 357 g/mol. The predicted molar refractivity (Wildman–Crippen MR) is 79.5 cm³/mol. The largest absolute Gasteiger partial charge is 0.431 e. The number of pyridine rings is 1. The Morgan fingerprint density at radius 3 is 2.95 bits per heavy atom. The highest BCUT2D eigenvalue weighted by atomic mass is 79.9. The Balaban J connectivity index is 1.96. The standard InChI is InChI=1S/C12H7BrClN3OS/c13-6-3-8(14)11(16-5-6)19-12-17-9-2-1-7(15)4-10(9)18-12/h1-5H,15H2. The fourth-order valence-electron chi connectivity index (χ4n) is 1.52. The summed E-state index contributed by atoms with van der Waals surface area (Å²) in [4.78, 5) is 8.56. The molecule has 7 heteroatoms. The van der Waals surface area contributed by atoms with Gasteiger partial charge in [0.25, 0.3) is 5.22 Å². The first-order valence-corrected chi connectivity index (χ1v) is 7.25. The number of halogens is 2. The Morgan fingerprint density at radius 2 is 2.16 bits per heavy atom. The van der Waals surface area contributed by atoms with E-state index in [4.69, 9.17) is 21.8 Å². The van der Waals surface area contributed by atoms with Crippen LogP contribution in [0.3, 0.4) is 0 Å². The van der Waals surface area contributed by atoms with E-state index in [1.807, 2.05) is 6.07 Å². The number of hydrogen-bond donors (Lipinski definition) is 1. The van der Waals surface area contributed by atoms with E-state index in [-0.39, 0.29) is 0 Å². The first kappa shape index (κ1) is 12.8. The van der Waals surface area contributed by atoms with Gasteiger partial charge in [0.05, 0.1) is 5.02 Å². The Kier molecular flexibility index (Phi) is 3.38. The highest BCUT2D eigenvalue weighted by Crippen LogP contribution is 2.34. The van der Waals surface area contributed by atoms with Crippen molar-refractivity contribution < 1.29 is 4.42 Å². The molecule has 3 rings (SSSR count). The van der Waals surface area contributed by atoms with Crippen molar-refractivity contribution >= 4 is 56.1 Å². The fraction of sp³-hybridized carbons (Fsp3) is 0. The second kappa shape index (κ2) is 5.03. The number of benzene rings is 1. The summed E-state index contributed by atoms with van der Waals surface area (Å²) in [6.07, 6.45) is 1.68. The predicted octanol–water partition coefficient (Wildman–Crippen LogP) is 4.37. The maximum absolute atomic E-state index is 6.10. The molecule has 0 aliphatic rings. The van der Waals surface area contributed by atoms with E-state index >= 15 is 0 Å². The van der Waals surface area contributed by atoms with Crippen LogP contribution in [0.2, 0.25) is 5.02 Å². The van der Waals surface area contributed by atoms with Gasteiger partial charge in [-0.1, -0.05) is 11.6 Å². The molecule has 0 aliphatic heterocycles. The number of nitrogens with zero attached hydrogens (tertiary/aromatic N) is 2. The fourth-order valence-corrected chi connectivity index (χ4v) is 2.97. The molecule has 4 nitrogen and oxygen atoms in total. The maximum atomic E-state index is 6.10. The number of hydrogen-bond acceptors (Lipinski definition) is 5. The third-order valence-corrected chi connectivity index (χ3v) is 4.05. The van der Waals surface area contributed by atoms with Gasteiger partial charge in [-0.25, -0.2) is 9.97 Å². The Morgan fingerprint density at radius 1 is 1.32 bits per heavy atom. The van der Waals surface area contributed by atoms with Crippen molar-refractivity contribution in [1.29, 1.82) is 0 Å². The lowest BCUT2D eigenvalue weighted by Gasteiger charge is -1.99. The summed E-state index contributed by atoms with van der Waals surface area (Å²) >= 11 is 10.7. The van der Waals surface area contributed by atoms with E-state index in [0.29, 0.717) is 26.5 Å². The van der Waals surface area contributed by atoms with Crippen LogP contribution in [0.25, 0.3) is 11.1 Å². The monoisotopic (exact) mass is 355 g/mol. The lowest BCUT2D eigenvalue weighted by molar-refractivity contribution is 0.489. The molecule has 19 heavy (non-hydrogen) atoms. The van der Waals surface area contributed by atoms with E-state index in [1.165, 1.54) is 11.8 Å². The third-order valence-electron chi connectivity index (χ3n) is 2.35. The second-order valence-corrected chi connectivity index (χ2v) is 6.01. The van der Waals surface area contributed by atoms with Gasteiger partial charge in [-0.3, -0.25) is 0 Å². The molecule has 0 fully saturated rings. The van der Waals surface area contributed by atoms with Gasteiger partial charge in [0, 0.05) is 22.4 Å². The number of nitrogens with two attached hydrogens (primary N) is 1. The molecule has 3 aromatic rings. The van der Waals surface area contributed by atoms with Crippen molar-refractivity contribution in [2.75, 3.05) is 5.73 Å². The number of fused-ring (bicyclic) bond motifs is 1. The number of oxazole rings is 1. The van der Waals surface area contributed by atoms with Crippen molar-refractivity contribution in [2.45, 2.75) is 10.2 Å². The quantitative estimate of drug-likeness (QED) is 0.691. The molecule has 0 aliphatic carbocycles. The van der Waals surface area contributed by atoms with E-state index in [1.54, 1.807) is 24.4 Å². The molecule has 96 valence electrons. The molecule has 2 heterocycles. The molecule has 0 amide bonds. The Hall–Kier alpha value is -1.24. The minimum Gasteiger partial charge on any atom is -0.431 e. The minimum absolute atomic E-state index is 0.484. The summed E-state index contributed by atoms with van der Waals surface area (Å²) in [5, 5.41) is 1.67. The van der Waals surface area contributed by atoms with Crippen molar-refractivity contribution in [3.05, 3.63) is 40.0 Å². The van der Waals surface area contributed by atoms with Crippen LogP contribution in [0.15, 0.2) is 49.6 Å². The third kappa shape index (κ3) is 2.70. The number of anilines is 1. The zero-order valence-electron chi connectivity index (χ0n) is 9.43. The minimum atomic E-state index is 0.484. The lowest BCUT2D eigenvalue weighted by Crippen LogP contribution is -1.82. The van der Waals surface area contributed by atoms with E-state index < -0.39 is 0 Å². The second-order valence-electron chi connectivity index (χ2n) is 3.75. The van der Waals surface area contributed by atoms with Gasteiger partial charge in [-0.05, 0) is 45.9 Å². The first-order valence-electron chi connectivity index (χ1n) is 5.27. The smallest absolute Gasteiger partial charge is 0.263 e. The van der Waals surface area contributed by atoms with E-state index in [9.17, 15) is 0 Å². The summed E-state index contributed by atoms with van der Waals surface area (Å²) < 4.78 is 6.43. The maximum Gasteiger partial charge on any atom is 0.263 e. The topological polar surface area (TPSA) is 64.9 Å². The SMILES string of the molecule is Nc1ccc2nc(Sc3ncc(Br)cc3Cl)oc2c1. The van der Waals surface area contributed by atoms with Crippen molar-refractivity contribution in [3.8, 4) is 0 Å². The molecular formula is C12H7BrClN3OS. The van der Waals surface area contributed by atoms with Crippen LogP contribution in [-0.4, -0.2) is 9.97 Å². The Labute approximate surface area is 126 Å².